The van der Waals surface area contributed by atoms with E-state index in [9.17, 15) is 4.79 Å². The number of esters is 1. The highest BCUT2D eigenvalue weighted by molar-refractivity contribution is 6.42. The number of benzene rings is 1. The molecule has 0 fully saturated rings. The first kappa shape index (κ1) is 12.1. The lowest BCUT2D eigenvalue weighted by atomic mass is 10.1. The molecule has 0 amide bonds. The molecule has 0 aliphatic carbocycles. The van der Waals surface area contributed by atoms with Crippen molar-refractivity contribution in [3.8, 4) is 0 Å². The van der Waals surface area contributed by atoms with E-state index < -0.39 is 5.97 Å². The monoisotopic (exact) mass is 269 g/mol. The van der Waals surface area contributed by atoms with Crippen LogP contribution in [0.15, 0.2) is 18.2 Å². The molecule has 0 unspecified atom stereocenters. The number of halogens is 2. The quantitative estimate of drug-likeness (QED) is 0.742. The summed E-state index contributed by atoms with van der Waals surface area (Å²) >= 11 is 12.2. The molecule has 0 radical (unpaired) electrons. The van der Waals surface area contributed by atoms with Crippen molar-refractivity contribution in [2.75, 3.05) is 7.11 Å². The Morgan fingerprint density at radius 2 is 2.00 bits per heavy atom. The Labute approximate surface area is 108 Å². The Bertz CT molecular complexity index is 611. The molecule has 0 atom stereocenters. The lowest BCUT2D eigenvalue weighted by molar-refractivity contribution is 0.0594. The molecule has 88 valence electrons. The first-order valence-electron chi connectivity index (χ1n) is 4.88. The number of nitrogens with zero attached hydrogens (tertiary/aromatic N) is 1. The molecular formula is C12H9Cl2NO2. The van der Waals surface area contributed by atoms with Crippen molar-refractivity contribution in [3.63, 3.8) is 0 Å². The van der Waals surface area contributed by atoms with Crippen LogP contribution in [0.25, 0.3) is 10.9 Å². The van der Waals surface area contributed by atoms with Gasteiger partial charge in [-0.3, -0.25) is 0 Å². The number of pyridine rings is 1. The lowest BCUT2D eigenvalue weighted by Gasteiger charge is -2.07. The smallest absolute Gasteiger partial charge is 0.356 e. The zero-order valence-electron chi connectivity index (χ0n) is 9.25. The molecule has 1 heterocycles. The maximum atomic E-state index is 11.4. The van der Waals surface area contributed by atoms with Gasteiger partial charge in [-0.05, 0) is 24.6 Å². The first-order chi connectivity index (χ1) is 8.04. The molecule has 0 bridgehead atoms. The van der Waals surface area contributed by atoms with Gasteiger partial charge >= 0.3 is 5.97 Å². The number of carbonyl (C=O) groups is 1. The van der Waals surface area contributed by atoms with Gasteiger partial charge in [-0.1, -0.05) is 29.3 Å². The number of rotatable bonds is 1. The molecule has 0 N–H and O–H groups in total. The molecule has 3 nitrogen and oxygen atoms in total. The van der Waals surface area contributed by atoms with Crippen LogP contribution in [0, 0.1) is 6.92 Å². The topological polar surface area (TPSA) is 39.2 Å². The Morgan fingerprint density at radius 1 is 1.29 bits per heavy atom. The van der Waals surface area contributed by atoms with E-state index in [1.807, 2.05) is 13.0 Å². The summed E-state index contributed by atoms with van der Waals surface area (Å²) in [5.41, 5.74) is 1.69. The van der Waals surface area contributed by atoms with Crippen molar-refractivity contribution in [1.82, 2.24) is 4.98 Å². The predicted octanol–water partition coefficient (Wildman–Crippen LogP) is 3.64. The van der Waals surface area contributed by atoms with E-state index in [2.05, 4.69) is 9.72 Å². The van der Waals surface area contributed by atoms with Gasteiger partial charge in [0.15, 0.2) is 5.69 Å². The first-order valence-corrected chi connectivity index (χ1v) is 5.64. The van der Waals surface area contributed by atoms with Crippen molar-refractivity contribution in [2.24, 2.45) is 0 Å². The number of methoxy groups -OCH3 is 1. The van der Waals surface area contributed by atoms with Crippen LogP contribution in [-0.2, 0) is 4.74 Å². The van der Waals surface area contributed by atoms with Gasteiger partial charge in [0.1, 0.15) is 0 Å². The molecular weight excluding hydrogens is 261 g/mol. The van der Waals surface area contributed by atoms with Crippen LogP contribution in [0.2, 0.25) is 10.0 Å². The van der Waals surface area contributed by atoms with Gasteiger partial charge in [0.25, 0.3) is 0 Å². The fourth-order valence-electron chi connectivity index (χ4n) is 1.60. The third-order valence-electron chi connectivity index (χ3n) is 2.46. The van der Waals surface area contributed by atoms with E-state index in [0.29, 0.717) is 20.9 Å². The largest absolute Gasteiger partial charge is 0.464 e. The summed E-state index contributed by atoms with van der Waals surface area (Å²) in [5, 5.41) is 1.56. The lowest BCUT2D eigenvalue weighted by Crippen LogP contribution is -2.05. The molecule has 5 heteroatoms. The number of aryl methyl sites for hydroxylation is 1. The summed E-state index contributed by atoms with van der Waals surface area (Å²) in [6.07, 6.45) is 0. The molecule has 17 heavy (non-hydrogen) atoms. The van der Waals surface area contributed by atoms with E-state index in [-0.39, 0.29) is 5.69 Å². The number of fused-ring (bicyclic) bond motifs is 1. The average Bonchev–Trinajstić information content (AvgIpc) is 2.32. The molecule has 1 aromatic heterocycles. The molecule has 0 aliphatic heterocycles. The minimum absolute atomic E-state index is 0.176. The van der Waals surface area contributed by atoms with E-state index in [0.717, 1.165) is 5.56 Å². The Balaban J connectivity index is 2.82. The van der Waals surface area contributed by atoms with E-state index >= 15 is 0 Å². The van der Waals surface area contributed by atoms with E-state index in [1.165, 1.54) is 13.2 Å². The average molecular weight is 270 g/mol. The number of aromatic nitrogens is 1. The SMILES string of the molecule is COC(=O)c1cc(Cl)c2c(Cl)ccc(C)c2n1. The summed E-state index contributed by atoms with van der Waals surface area (Å²) in [4.78, 5) is 15.7. The van der Waals surface area contributed by atoms with Crippen molar-refractivity contribution >= 4 is 40.1 Å². The van der Waals surface area contributed by atoms with Gasteiger partial charge in [0.2, 0.25) is 0 Å². The van der Waals surface area contributed by atoms with Crippen LogP contribution in [0.1, 0.15) is 16.1 Å². The molecule has 0 saturated heterocycles. The Morgan fingerprint density at radius 3 is 2.65 bits per heavy atom. The van der Waals surface area contributed by atoms with Crippen molar-refractivity contribution in [1.29, 1.82) is 0 Å². The van der Waals surface area contributed by atoms with Crippen molar-refractivity contribution in [3.05, 3.63) is 39.5 Å². The summed E-state index contributed by atoms with van der Waals surface area (Å²) in [6.45, 7) is 1.88. The Hall–Kier alpha value is -1.32. The summed E-state index contributed by atoms with van der Waals surface area (Å²) in [5.74, 6) is -0.520. The maximum Gasteiger partial charge on any atom is 0.356 e. The maximum absolute atomic E-state index is 11.4. The molecule has 1 aromatic carbocycles. The number of hydrogen-bond donors (Lipinski definition) is 0. The summed E-state index contributed by atoms with van der Waals surface area (Å²) < 4.78 is 4.62. The van der Waals surface area contributed by atoms with Crippen LogP contribution in [-0.4, -0.2) is 18.1 Å². The molecule has 0 aliphatic rings. The van der Waals surface area contributed by atoms with Crippen molar-refractivity contribution in [2.45, 2.75) is 6.92 Å². The standard InChI is InChI=1S/C12H9Cl2NO2/c1-6-3-4-7(13)10-8(14)5-9(12(16)17-2)15-11(6)10/h3-5H,1-2H3. The van der Waals surface area contributed by atoms with Crippen LogP contribution < -0.4 is 0 Å². The highest BCUT2D eigenvalue weighted by Gasteiger charge is 2.14. The Kier molecular flexibility index (Phi) is 3.22. The van der Waals surface area contributed by atoms with Gasteiger partial charge < -0.3 is 4.74 Å². The highest BCUT2D eigenvalue weighted by Crippen LogP contribution is 2.31. The normalized spacial score (nSPS) is 10.6. The van der Waals surface area contributed by atoms with Gasteiger partial charge in [-0.2, -0.15) is 0 Å². The highest BCUT2D eigenvalue weighted by atomic mass is 35.5. The van der Waals surface area contributed by atoms with Gasteiger partial charge in [0, 0.05) is 5.39 Å². The molecule has 2 rings (SSSR count). The fraction of sp³-hybridized carbons (Fsp3) is 0.167. The van der Waals surface area contributed by atoms with Crippen LogP contribution in [0.4, 0.5) is 0 Å². The minimum atomic E-state index is -0.520. The number of carbonyl (C=O) groups excluding carboxylic acids is 1. The molecule has 0 spiro atoms. The van der Waals surface area contributed by atoms with Crippen LogP contribution in [0.3, 0.4) is 0 Å². The van der Waals surface area contributed by atoms with E-state index in [1.54, 1.807) is 6.07 Å². The third kappa shape index (κ3) is 2.08. The zero-order valence-corrected chi connectivity index (χ0v) is 10.8. The summed E-state index contributed by atoms with van der Waals surface area (Å²) in [6, 6.07) is 5.04. The van der Waals surface area contributed by atoms with Crippen LogP contribution in [0.5, 0.6) is 0 Å². The van der Waals surface area contributed by atoms with Crippen molar-refractivity contribution < 1.29 is 9.53 Å². The second-order valence-corrected chi connectivity index (χ2v) is 4.38. The van der Waals surface area contributed by atoms with Gasteiger partial charge in [0.05, 0.1) is 22.7 Å². The minimum Gasteiger partial charge on any atom is -0.464 e. The van der Waals surface area contributed by atoms with Gasteiger partial charge in [-0.25, -0.2) is 9.78 Å². The zero-order chi connectivity index (χ0) is 12.6. The molecule has 0 saturated carbocycles. The number of ether oxygens (including phenoxy) is 1. The second-order valence-electron chi connectivity index (χ2n) is 3.57. The van der Waals surface area contributed by atoms with Crippen LogP contribution >= 0.6 is 23.2 Å². The number of hydrogen-bond acceptors (Lipinski definition) is 3. The second kappa shape index (κ2) is 4.51. The predicted molar refractivity (Wildman–Crippen MR) is 67.8 cm³/mol. The summed E-state index contributed by atoms with van der Waals surface area (Å²) in [7, 11) is 1.30. The third-order valence-corrected chi connectivity index (χ3v) is 3.07. The molecule has 2 aromatic rings. The fourth-order valence-corrected chi connectivity index (χ4v) is 2.19. The van der Waals surface area contributed by atoms with E-state index in [4.69, 9.17) is 23.2 Å². The van der Waals surface area contributed by atoms with Gasteiger partial charge in [-0.15, -0.1) is 0 Å².